The van der Waals surface area contributed by atoms with Gasteiger partial charge in [0.15, 0.2) is 5.75 Å². The summed E-state index contributed by atoms with van der Waals surface area (Å²) < 4.78 is 11.2. The molecule has 2 rings (SSSR count). The van der Waals surface area contributed by atoms with Gasteiger partial charge in [0.25, 0.3) is 0 Å². The molecule has 2 unspecified atom stereocenters. The molecule has 2 atom stereocenters. The molecule has 20 heavy (non-hydrogen) atoms. The maximum absolute atomic E-state index is 6.05. The van der Waals surface area contributed by atoms with E-state index in [1.807, 2.05) is 0 Å². The Bertz CT molecular complexity index is 427. The summed E-state index contributed by atoms with van der Waals surface area (Å²) in [7, 11) is 0. The van der Waals surface area contributed by atoms with E-state index in [2.05, 4.69) is 12.2 Å². The van der Waals surface area contributed by atoms with Gasteiger partial charge < -0.3 is 14.8 Å². The summed E-state index contributed by atoms with van der Waals surface area (Å²) >= 11 is 17.9. The van der Waals surface area contributed by atoms with E-state index < -0.39 is 0 Å². The Hall–Kier alpha value is -0.190. The third-order valence-electron chi connectivity index (χ3n) is 3.30. The molecule has 1 saturated heterocycles. The monoisotopic (exact) mass is 337 g/mol. The number of nitrogens with one attached hydrogen (secondary N) is 1. The number of ether oxygens (including phenoxy) is 2. The van der Waals surface area contributed by atoms with Crippen molar-refractivity contribution in [1.82, 2.24) is 5.32 Å². The van der Waals surface area contributed by atoms with Gasteiger partial charge in [-0.1, -0.05) is 34.8 Å². The van der Waals surface area contributed by atoms with E-state index in [0.29, 0.717) is 46.1 Å². The van der Waals surface area contributed by atoms with Crippen molar-refractivity contribution in [2.75, 3.05) is 19.8 Å². The third kappa shape index (κ3) is 4.40. The topological polar surface area (TPSA) is 30.5 Å². The van der Waals surface area contributed by atoms with Crippen molar-refractivity contribution in [2.45, 2.75) is 31.9 Å². The fourth-order valence-corrected chi connectivity index (χ4v) is 3.16. The Morgan fingerprint density at radius 3 is 2.65 bits per heavy atom. The highest BCUT2D eigenvalue weighted by Gasteiger charge is 2.21. The minimum absolute atomic E-state index is 0.303. The van der Waals surface area contributed by atoms with Crippen LogP contribution in [0, 0.1) is 0 Å². The lowest BCUT2D eigenvalue weighted by molar-refractivity contribution is 0.0824. The first-order valence-corrected chi connectivity index (χ1v) is 7.83. The fraction of sp³-hybridized carbons (Fsp3) is 0.571. The van der Waals surface area contributed by atoms with Crippen LogP contribution in [0.1, 0.15) is 19.8 Å². The maximum atomic E-state index is 6.05. The molecule has 1 aromatic carbocycles. The Morgan fingerprint density at radius 2 is 2.05 bits per heavy atom. The zero-order valence-electron chi connectivity index (χ0n) is 11.3. The van der Waals surface area contributed by atoms with Crippen LogP contribution in [0.15, 0.2) is 12.1 Å². The molecule has 0 aromatic heterocycles. The molecule has 6 heteroatoms. The van der Waals surface area contributed by atoms with Crippen molar-refractivity contribution in [2.24, 2.45) is 0 Å². The zero-order chi connectivity index (χ0) is 14.5. The summed E-state index contributed by atoms with van der Waals surface area (Å²) in [6, 6.07) is 3.55. The van der Waals surface area contributed by atoms with E-state index in [0.717, 1.165) is 19.4 Å². The molecular formula is C14H18Cl3NO2. The lowest BCUT2D eigenvalue weighted by atomic mass is 10.1. The molecule has 3 nitrogen and oxygen atoms in total. The first-order valence-electron chi connectivity index (χ1n) is 6.70. The Balaban J connectivity index is 1.76. The van der Waals surface area contributed by atoms with E-state index in [-0.39, 0.29) is 0 Å². The molecule has 0 amide bonds. The molecule has 1 aliphatic heterocycles. The van der Waals surface area contributed by atoms with Crippen LogP contribution in [0.25, 0.3) is 0 Å². The van der Waals surface area contributed by atoms with E-state index in [4.69, 9.17) is 44.3 Å². The lowest BCUT2D eigenvalue weighted by Gasteiger charge is -2.20. The van der Waals surface area contributed by atoms with Gasteiger partial charge in [0.2, 0.25) is 0 Å². The van der Waals surface area contributed by atoms with Crippen molar-refractivity contribution in [1.29, 1.82) is 0 Å². The predicted octanol–water partition coefficient (Wildman–Crippen LogP) is 4.18. The van der Waals surface area contributed by atoms with E-state index in [9.17, 15) is 0 Å². The highest BCUT2D eigenvalue weighted by atomic mass is 35.5. The Labute approximate surface area is 134 Å². The summed E-state index contributed by atoms with van der Waals surface area (Å²) in [5, 5.41) is 4.73. The van der Waals surface area contributed by atoms with Crippen LogP contribution in [0.5, 0.6) is 5.75 Å². The van der Waals surface area contributed by atoms with E-state index in [1.54, 1.807) is 12.1 Å². The SMILES string of the molecule is CC(NCCOc1c(Cl)cc(Cl)cc1Cl)C1CCCO1. The summed E-state index contributed by atoms with van der Waals surface area (Å²) in [6.45, 7) is 4.18. The van der Waals surface area contributed by atoms with Crippen molar-refractivity contribution >= 4 is 34.8 Å². The first kappa shape index (κ1) is 16.2. The second kappa shape index (κ2) is 7.71. The van der Waals surface area contributed by atoms with E-state index in [1.165, 1.54) is 0 Å². The zero-order valence-corrected chi connectivity index (χ0v) is 13.6. The number of hydrogen-bond donors (Lipinski definition) is 1. The summed E-state index contributed by atoms with van der Waals surface area (Å²) in [6.07, 6.45) is 2.56. The average Bonchev–Trinajstić information content (AvgIpc) is 2.90. The standard InChI is InChI=1S/C14H18Cl3NO2/c1-9(13-3-2-5-19-13)18-4-6-20-14-11(16)7-10(15)8-12(14)17/h7-9,13,18H,2-6H2,1H3. The van der Waals surface area contributed by atoms with Crippen LogP contribution >= 0.6 is 34.8 Å². The van der Waals surface area contributed by atoms with Gasteiger partial charge in [-0.05, 0) is 31.9 Å². The smallest absolute Gasteiger partial charge is 0.156 e. The molecule has 1 fully saturated rings. The minimum atomic E-state index is 0.303. The van der Waals surface area contributed by atoms with Crippen molar-refractivity contribution in [3.05, 3.63) is 27.2 Å². The largest absolute Gasteiger partial charge is 0.489 e. The Kier molecular flexibility index (Phi) is 6.24. The van der Waals surface area contributed by atoms with Gasteiger partial charge in [-0.25, -0.2) is 0 Å². The predicted molar refractivity (Wildman–Crippen MR) is 83.4 cm³/mol. The third-order valence-corrected chi connectivity index (χ3v) is 4.08. The fourth-order valence-electron chi connectivity index (χ4n) is 2.23. The summed E-state index contributed by atoms with van der Waals surface area (Å²) in [5.41, 5.74) is 0. The van der Waals surface area contributed by atoms with Crippen LogP contribution in [0.4, 0.5) is 0 Å². The maximum Gasteiger partial charge on any atom is 0.156 e. The average molecular weight is 339 g/mol. The van der Waals surface area contributed by atoms with Crippen LogP contribution in [-0.2, 0) is 4.74 Å². The van der Waals surface area contributed by atoms with E-state index >= 15 is 0 Å². The van der Waals surface area contributed by atoms with Crippen LogP contribution in [0.2, 0.25) is 15.1 Å². The number of benzene rings is 1. The van der Waals surface area contributed by atoms with Crippen LogP contribution in [0.3, 0.4) is 0 Å². The van der Waals surface area contributed by atoms with Crippen molar-refractivity contribution in [3.63, 3.8) is 0 Å². The first-order chi connectivity index (χ1) is 9.58. The molecule has 1 N–H and O–H groups in total. The summed E-state index contributed by atoms with van der Waals surface area (Å²) in [4.78, 5) is 0. The molecular weight excluding hydrogens is 321 g/mol. The quantitative estimate of drug-likeness (QED) is 0.789. The molecule has 0 radical (unpaired) electrons. The molecule has 112 valence electrons. The number of hydrogen-bond acceptors (Lipinski definition) is 3. The van der Waals surface area contributed by atoms with Gasteiger partial charge in [0.1, 0.15) is 6.61 Å². The minimum Gasteiger partial charge on any atom is -0.489 e. The highest BCUT2D eigenvalue weighted by molar-refractivity contribution is 6.40. The van der Waals surface area contributed by atoms with Gasteiger partial charge in [0.05, 0.1) is 16.1 Å². The van der Waals surface area contributed by atoms with Crippen molar-refractivity contribution in [3.8, 4) is 5.75 Å². The molecule has 1 aliphatic rings. The molecule has 0 saturated carbocycles. The highest BCUT2D eigenvalue weighted by Crippen LogP contribution is 2.35. The van der Waals surface area contributed by atoms with Gasteiger partial charge in [0, 0.05) is 24.2 Å². The molecule has 1 heterocycles. The van der Waals surface area contributed by atoms with Crippen LogP contribution in [-0.4, -0.2) is 31.9 Å². The van der Waals surface area contributed by atoms with Gasteiger partial charge >= 0.3 is 0 Å². The molecule has 0 spiro atoms. The summed E-state index contributed by atoms with van der Waals surface area (Å²) in [5.74, 6) is 0.476. The van der Waals surface area contributed by atoms with Gasteiger partial charge in [-0.2, -0.15) is 0 Å². The van der Waals surface area contributed by atoms with Crippen molar-refractivity contribution < 1.29 is 9.47 Å². The van der Waals surface area contributed by atoms with Crippen LogP contribution < -0.4 is 10.1 Å². The lowest BCUT2D eigenvalue weighted by Crippen LogP contribution is -2.39. The normalized spacial score (nSPS) is 20.1. The number of rotatable bonds is 6. The number of halogens is 3. The second-order valence-electron chi connectivity index (χ2n) is 4.84. The molecule has 0 bridgehead atoms. The molecule has 1 aromatic rings. The van der Waals surface area contributed by atoms with Gasteiger partial charge in [-0.15, -0.1) is 0 Å². The second-order valence-corrected chi connectivity index (χ2v) is 6.09. The Morgan fingerprint density at radius 1 is 1.35 bits per heavy atom. The van der Waals surface area contributed by atoms with Gasteiger partial charge in [-0.3, -0.25) is 0 Å². The molecule has 0 aliphatic carbocycles.